The van der Waals surface area contributed by atoms with Crippen LogP contribution in [-0.2, 0) is 20.4 Å². The first-order chi connectivity index (χ1) is 12.3. The van der Waals surface area contributed by atoms with Gasteiger partial charge in [-0.2, -0.15) is 13.2 Å². The van der Waals surface area contributed by atoms with Gasteiger partial charge in [0, 0.05) is 19.2 Å². The Labute approximate surface area is 146 Å². The van der Waals surface area contributed by atoms with Gasteiger partial charge in [-0.1, -0.05) is 12.1 Å². The molecule has 0 atom stereocenters. The predicted octanol–water partition coefficient (Wildman–Crippen LogP) is 2.88. The Hall–Kier alpha value is -2.81. The van der Waals surface area contributed by atoms with Crippen LogP contribution < -0.4 is 5.32 Å². The topological polar surface area (TPSA) is 77.8 Å². The zero-order valence-corrected chi connectivity index (χ0v) is 13.8. The molecule has 1 heterocycles. The van der Waals surface area contributed by atoms with Crippen molar-refractivity contribution in [3.8, 4) is 11.3 Å². The van der Waals surface area contributed by atoms with E-state index >= 15 is 0 Å². The molecule has 1 N–H and O–H groups in total. The van der Waals surface area contributed by atoms with Crippen LogP contribution in [0.15, 0.2) is 40.8 Å². The molecular weight excluding hydrogens is 355 g/mol. The molecule has 0 saturated heterocycles. The van der Waals surface area contributed by atoms with Crippen molar-refractivity contribution in [1.82, 2.24) is 5.32 Å². The van der Waals surface area contributed by atoms with Gasteiger partial charge in [0.25, 0.3) is 5.91 Å². The lowest BCUT2D eigenvalue weighted by atomic mass is 10.1. The van der Waals surface area contributed by atoms with E-state index in [-0.39, 0.29) is 23.6 Å². The first-order valence-electron chi connectivity index (χ1n) is 7.51. The van der Waals surface area contributed by atoms with Gasteiger partial charge in [0.05, 0.1) is 12.2 Å². The third-order valence-electron chi connectivity index (χ3n) is 3.24. The predicted molar refractivity (Wildman–Crippen MR) is 84.3 cm³/mol. The Morgan fingerprint density at radius 2 is 1.96 bits per heavy atom. The minimum Gasteiger partial charge on any atom is -0.450 e. The van der Waals surface area contributed by atoms with E-state index in [1.165, 1.54) is 31.4 Å². The lowest BCUT2D eigenvalue weighted by Crippen LogP contribution is -2.31. The first kappa shape index (κ1) is 19.5. The van der Waals surface area contributed by atoms with E-state index in [1.807, 2.05) is 0 Å². The average molecular weight is 371 g/mol. The van der Waals surface area contributed by atoms with E-state index in [0.29, 0.717) is 6.61 Å². The molecule has 6 nitrogen and oxygen atoms in total. The van der Waals surface area contributed by atoms with Crippen LogP contribution in [0.4, 0.5) is 13.2 Å². The molecule has 0 aliphatic heterocycles. The van der Waals surface area contributed by atoms with E-state index in [2.05, 4.69) is 5.32 Å². The van der Waals surface area contributed by atoms with Gasteiger partial charge in [0.15, 0.2) is 6.61 Å². The lowest BCUT2D eigenvalue weighted by Gasteiger charge is -2.07. The van der Waals surface area contributed by atoms with Gasteiger partial charge < -0.3 is 19.2 Å². The zero-order chi connectivity index (χ0) is 19.2. The highest BCUT2D eigenvalue weighted by Crippen LogP contribution is 2.32. The smallest absolute Gasteiger partial charge is 0.416 e. The Kier molecular flexibility index (Phi) is 6.40. The number of halogens is 3. The molecule has 9 heteroatoms. The van der Waals surface area contributed by atoms with Crippen molar-refractivity contribution >= 4 is 11.9 Å². The number of hydrogen-bond donors (Lipinski definition) is 1. The molecule has 0 spiro atoms. The Morgan fingerprint density at radius 3 is 2.65 bits per heavy atom. The first-order valence-corrected chi connectivity index (χ1v) is 7.51. The highest BCUT2D eigenvalue weighted by molar-refractivity contribution is 5.89. The van der Waals surface area contributed by atoms with Crippen molar-refractivity contribution in [2.75, 3.05) is 26.9 Å². The van der Waals surface area contributed by atoms with Crippen molar-refractivity contribution in [1.29, 1.82) is 0 Å². The number of furan rings is 1. The van der Waals surface area contributed by atoms with E-state index in [0.717, 1.165) is 12.1 Å². The number of hydrogen-bond acceptors (Lipinski definition) is 5. The molecule has 140 valence electrons. The number of esters is 1. The third kappa shape index (κ3) is 5.35. The van der Waals surface area contributed by atoms with Gasteiger partial charge >= 0.3 is 12.1 Å². The minimum absolute atomic E-state index is 0.0765. The number of nitrogens with one attached hydrogen (secondary N) is 1. The number of rotatable bonds is 7. The number of ether oxygens (including phenoxy) is 2. The van der Waals surface area contributed by atoms with Gasteiger partial charge in [0.1, 0.15) is 5.76 Å². The maximum Gasteiger partial charge on any atom is 0.416 e. The maximum absolute atomic E-state index is 12.8. The fourth-order valence-corrected chi connectivity index (χ4v) is 2.00. The van der Waals surface area contributed by atoms with Crippen LogP contribution in [0.2, 0.25) is 0 Å². The number of benzene rings is 1. The van der Waals surface area contributed by atoms with Crippen molar-refractivity contribution in [2.45, 2.75) is 6.18 Å². The van der Waals surface area contributed by atoms with E-state index in [1.54, 1.807) is 0 Å². The van der Waals surface area contributed by atoms with E-state index in [4.69, 9.17) is 13.9 Å². The third-order valence-corrected chi connectivity index (χ3v) is 3.24. The molecule has 2 aromatic rings. The van der Waals surface area contributed by atoms with Gasteiger partial charge in [-0.15, -0.1) is 0 Å². The molecule has 0 unspecified atom stereocenters. The summed E-state index contributed by atoms with van der Waals surface area (Å²) in [5.74, 6) is -1.56. The standard InChI is InChI=1S/C17H16F3NO5/c1-24-8-7-21-15(22)10-25-16(23)14-6-5-13(26-14)11-3-2-4-12(9-11)17(18,19)20/h2-6,9H,7-8,10H2,1H3,(H,21,22). The number of alkyl halides is 3. The second kappa shape index (κ2) is 8.52. The SMILES string of the molecule is COCCNC(=O)COC(=O)c1ccc(-c2cccc(C(F)(F)F)c2)o1. The van der Waals surface area contributed by atoms with Crippen molar-refractivity contribution in [2.24, 2.45) is 0 Å². The highest BCUT2D eigenvalue weighted by Gasteiger charge is 2.30. The van der Waals surface area contributed by atoms with Crippen LogP contribution in [0.3, 0.4) is 0 Å². The van der Waals surface area contributed by atoms with Crippen LogP contribution in [-0.4, -0.2) is 38.7 Å². The number of carbonyl (C=O) groups is 2. The second-order valence-corrected chi connectivity index (χ2v) is 5.16. The molecule has 0 bridgehead atoms. The van der Waals surface area contributed by atoms with Gasteiger partial charge in [0.2, 0.25) is 5.76 Å². The lowest BCUT2D eigenvalue weighted by molar-refractivity contribution is -0.137. The summed E-state index contributed by atoms with van der Waals surface area (Å²) < 4.78 is 53.0. The van der Waals surface area contributed by atoms with Crippen LogP contribution in [0, 0.1) is 0 Å². The average Bonchev–Trinajstić information content (AvgIpc) is 3.09. The molecule has 2 rings (SSSR count). The normalized spacial score (nSPS) is 11.2. The van der Waals surface area contributed by atoms with Crippen LogP contribution >= 0.6 is 0 Å². The molecule has 1 aromatic heterocycles. The van der Waals surface area contributed by atoms with E-state index < -0.39 is 30.2 Å². The summed E-state index contributed by atoms with van der Waals surface area (Å²) in [5, 5.41) is 2.46. The zero-order valence-electron chi connectivity index (χ0n) is 13.8. The molecule has 0 aliphatic carbocycles. The van der Waals surface area contributed by atoms with Crippen molar-refractivity contribution < 1.29 is 36.7 Å². The Balaban J connectivity index is 1.99. The largest absolute Gasteiger partial charge is 0.450 e. The Morgan fingerprint density at radius 1 is 1.19 bits per heavy atom. The molecule has 0 radical (unpaired) electrons. The van der Waals surface area contributed by atoms with Gasteiger partial charge in [-0.3, -0.25) is 4.79 Å². The molecule has 1 aromatic carbocycles. The summed E-state index contributed by atoms with van der Waals surface area (Å²) in [4.78, 5) is 23.3. The second-order valence-electron chi connectivity index (χ2n) is 5.16. The minimum atomic E-state index is -4.49. The molecule has 0 aliphatic rings. The van der Waals surface area contributed by atoms with Gasteiger partial charge in [-0.25, -0.2) is 4.79 Å². The molecule has 0 saturated carbocycles. The summed E-state index contributed by atoms with van der Waals surface area (Å²) in [6.45, 7) is 0.0771. The van der Waals surface area contributed by atoms with Gasteiger partial charge in [-0.05, 0) is 24.3 Å². The quantitative estimate of drug-likeness (QED) is 0.598. The van der Waals surface area contributed by atoms with Crippen molar-refractivity contribution in [3.05, 3.63) is 47.7 Å². The molecule has 1 amide bonds. The fourth-order valence-electron chi connectivity index (χ4n) is 2.00. The highest BCUT2D eigenvalue weighted by atomic mass is 19.4. The summed E-state index contributed by atoms with van der Waals surface area (Å²) in [6.07, 6.45) is -4.49. The number of methoxy groups -OCH3 is 1. The van der Waals surface area contributed by atoms with E-state index in [9.17, 15) is 22.8 Å². The summed E-state index contributed by atoms with van der Waals surface area (Å²) in [7, 11) is 1.48. The van der Waals surface area contributed by atoms with Crippen LogP contribution in [0.5, 0.6) is 0 Å². The molecular formula is C17H16F3NO5. The molecule has 26 heavy (non-hydrogen) atoms. The fraction of sp³-hybridized carbons (Fsp3) is 0.294. The number of amides is 1. The maximum atomic E-state index is 12.8. The molecule has 0 fully saturated rings. The summed E-state index contributed by atoms with van der Waals surface area (Å²) >= 11 is 0. The van der Waals surface area contributed by atoms with Crippen LogP contribution in [0.25, 0.3) is 11.3 Å². The monoisotopic (exact) mass is 371 g/mol. The van der Waals surface area contributed by atoms with Crippen LogP contribution in [0.1, 0.15) is 16.1 Å². The summed E-state index contributed by atoms with van der Waals surface area (Å²) in [6, 6.07) is 7.13. The Bertz CT molecular complexity index is 770. The number of carbonyl (C=O) groups excluding carboxylic acids is 2. The van der Waals surface area contributed by atoms with Crippen molar-refractivity contribution in [3.63, 3.8) is 0 Å². The summed E-state index contributed by atoms with van der Waals surface area (Å²) in [5.41, 5.74) is -0.667.